The smallest absolute Gasteiger partial charge is 0.194 e. The van der Waals surface area contributed by atoms with Gasteiger partial charge in [-0.15, -0.1) is 24.0 Å². The van der Waals surface area contributed by atoms with Crippen molar-refractivity contribution in [2.24, 2.45) is 4.99 Å². The Kier molecular flexibility index (Phi) is 4.99. The Labute approximate surface area is 135 Å². The van der Waals surface area contributed by atoms with Gasteiger partial charge >= 0.3 is 0 Å². The Bertz CT molecular complexity index is 578. The van der Waals surface area contributed by atoms with Crippen LogP contribution < -0.4 is 5.32 Å². The molecule has 1 aromatic carbocycles. The fraction of sp³-hybridized carbons (Fsp3) is 0.286. The van der Waals surface area contributed by atoms with E-state index in [1.54, 1.807) is 0 Å². The van der Waals surface area contributed by atoms with E-state index >= 15 is 0 Å². The molecular formula is C14H18IN5. The number of para-hydroxylation sites is 1. The molecule has 0 bridgehead atoms. The van der Waals surface area contributed by atoms with Crippen molar-refractivity contribution in [3.63, 3.8) is 0 Å². The molecule has 0 fully saturated rings. The number of hydrogen-bond acceptors (Lipinski definition) is 4. The fourth-order valence-corrected chi connectivity index (χ4v) is 2.07. The van der Waals surface area contributed by atoms with Crippen molar-refractivity contribution in [3.8, 4) is 5.69 Å². The second kappa shape index (κ2) is 6.74. The van der Waals surface area contributed by atoms with Gasteiger partial charge in [-0.05, 0) is 18.2 Å². The zero-order valence-electron chi connectivity index (χ0n) is 11.4. The summed E-state index contributed by atoms with van der Waals surface area (Å²) in [5.74, 6) is 0.953. The van der Waals surface area contributed by atoms with E-state index in [-0.39, 0.29) is 24.0 Å². The van der Waals surface area contributed by atoms with Crippen molar-refractivity contribution in [2.75, 3.05) is 20.1 Å². The van der Waals surface area contributed by atoms with E-state index in [1.165, 1.54) is 0 Å². The number of guanidine groups is 1. The molecule has 3 rings (SSSR count). The van der Waals surface area contributed by atoms with Crippen molar-refractivity contribution in [1.82, 2.24) is 20.0 Å². The maximum absolute atomic E-state index is 4.55. The molecule has 0 radical (unpaired) electrons. The number of aromatic nitrogens is 2. The van der Waals surface area contributed by atoms with Gasteiger partial charge in [-0.2, -0.15) is 5.10 Å². The number of benzene rings is 1. The molecule has 0 atom stereocenters. The topological polar surface area (TPSA) is 45.5 Å². The van der Waals surface area contributed by atoms with Crippen LogP contribution in [0, 0.1) is 0 Å². The number of nitrogens with one attached hydrogen (secondary N) is 1. The summed E-state index contributed by atoms with van der Waals surface area (Å²) in [5.41, 5.74) is 2.08. The lowest BCUT2D eigenvalue weighted by Gasteiger charge is -2.14. The summed E-state index contributed by atoms with van der Waals surface area (Å²) in [6.45, 7) is 2.56. The SMILES string of the molecule is CN1CCN=C1NCc1ccn(-c2ccccc2)n1.I. The number of hydrogen-bond donors (Lipinski definition) is 1. The second-order valence-corrected chi connectivity index (χ2v) is 4.57. The van der Waals surface area contributed by atoms with Gasteiger partial charge in [0.2, 0.25) is 0 Å². The maximum Gasteiger partial charge on any atom is 0.194 e. The van der Waals surface area contributed by atoms with Crippen LogP contribution in [0.2, 0.25) is 0 Å². The molecule has 0 amide bonds. The second-order valence-electron chi connectivity index (χ2n) is 4.57. The van der Waals surface area contributed by atoms with Gasteiger partial charge < -0.3 is 10.2 Å². The third-order valence-corrected chi connectivity index (χ3v) is 3.15. The normalized spacial score (nSPS) is 13.8. The van der Waals surface area contributed by atoms with E-state index in [0.717, 1.165) is 30.4 Å². The quantitative estimate of drug-likeness (QED) is 0.824. The first-order valence-corrected chi connectivity index (χ1v) is 6.42. The molecule has 0 aliphatic carbocycles. The Hall–Kier alpha value is -1.57. The van der Waals surface area contributed by atoms with Crippen LogP contribution in [0.25, 0.3) is 5.69 Å². The number of aliphatic imine (C=N–C) groups is 1. The van der Waals surface area contributed by atoms with Crippen LogP contribution in [-0.4, -0.2) is 40.8 Å². The number of likely N-dealkylation sites (N-methyl/N-ethyl adjacent to an activating group) is 1. The highest BCUT2D eigenvalue weighted by atomic mass is 127. The van der Waals surface area contributed by atoms with Crippen LogP contribution in [0.4, 0.5) is 0 Å². The molecule has 6 heteroatoms. The molecule has 1 N–H and O–H groups in total. The maximum atomic E-state index is 4.55. The summed E-state index contributed by atoms with van der Waals surface area (Å²) in [6, 6.07) is 12.1. The molecule has 1 aromatic heterocycles. The molecule has 0 saturated heterocycles. The summed E-state index contributed by atoms with van der Waals surface area (Å²) < 4.78 is 1.89. The minimum atomic E-state index is 0. The Balaban J connectivity index is 0.00000147. The molecule has 20 heavy (non-hydrogen) atoms. The zero-order valence-corrected chi connectivity index (χ0v) is 13.7. The summed E-state index contributed by atoms with van der Waals surface area (Å²) in [4.78, 5) is 6.51. The Morgan fingerprint density at radius 3 is 2.70 bits per heavy atom. The molecule has 1 aliphatic heterocycles. The highest BCUT2D eigenvalue weighted by Gasteiger charge is 2.11. The lowest BCUT2D eigenvalue weighted by Crippen LogP contribution is -2.35. The van der Waals surface area contributed by atoms with E-state index in [0.29, 0.717) is 6.54 Å². The third-order valence-electron chi connectivity index (χ3n) is 3.15. The number of halogens is 1. The number of nitrogens with zero attached hydrogens (tertiary/aromatic N) is 4. The lowest BCUT2D eigenvalue weighted by atomic mass is 10.3. The monoisotopic (exact) mass is 383 g/mol. The van der Waals surface area contributed by atoms with E-state index < -0.39 is 0 Å². The lowest BCUT2D eigenvalue weighted by molar-refractivity contribution is 0.533. The average Bonchev–Trinajstić information content (AvgIpc) is 3.06. The van der Waals surface area contributed by atoms with Crippen molar-refractivity contribution < 1.29 is 0 Å². The molecule has 0 unspecified atom stereocenters. The van der Waals surface area contributed by atoms with Crippen LogP contribution in [0.5, 0.6) is 0 Å². The van der Waals surface area contributed by atoms with Crippen molar-refractivity contribution >= 4 is 29.9 Å². The van der Waals surface area contributed by atoms with Gasteiger partial charge in [0.1, 0.15) is 0 Å². The molecule has 0 spiro atoms. The van der Waals surface area contributed by atoms with Gasteiger partial charge in [-0.1, -0.05) is 18.2 Å². The van der Waals surface area contributed by atoms with Crippen molar-refractivity contribution in [3.05, 3.63) is 48.3 Å². The predicted octanol–water partition coefficient (Wildman–Crippen LogP) is 1.88. The standard InChI is InChI=1S/C14H17N5.HI/c1-18-10-8-15-14(18)16-11-12-7-9-19(17-12)13-5-3-2-4-6-13;/h2-7,9H,8,10-11H2,1H3,(H,15,16);1H. The van der Waals surface area contributed by atoms with Crippen LogP contribution in [-0.2, 0) is 6.54 Å². The molecule has 2 aromatic rings. The first-order chi connectivity index (χ1) is 9.33. The Morgan fingerprint density at radius 1 is 1.20 bits per heavy atom. The largest absolute Gasteiger partial charge is 0.351 e. The summed E-state index contributed by atoms with van der Waals surface area (Å²) in [7, 11) is 2.04. The van der Waals surface area contributed by atoms with Gasteiger partial charge in [-0.25, -0.2) is 4.68 Å². The van der Waals surface area contributed by atoms with Crippen LogP contribution in [0.15, 0.2) is 47.6 Å². The highest BCUT2D eigenvalue weighted by Crippen LogP contribution is 2.07. The van der Waals surface area contributed by atoms with E-state index in [9.17, 15) is 0 Å². The Morgan fingerprint density at radius 2 is 2.00 bits per heavy atom. The van der Waals surface area contributed by atoms with Gasteiger partial charge in [-0.3, -0.25) is 4.99 Å². The predicted molar refractivity (Wildman–Crippen MR) is 90.8 cm³/mol. The molecule has 1 aliphatic rings. The van der Waals surface area contributed by atoms with Crippen LogP contribution >= 0.6 is 24.0 Å². The van der Waals surface area contributed by atoms with Gasteiger partial charge in [0.25, 0.3) is 0 Å². The summed E-state index contributed by atoms with van der Waals surface area (Å²) in [5, 5.41) is 7.86. The molecule has 5 nitrogen and oxygen atoms in total. The average molecular weight is 383 g/mol. The molecule has 2 heterocycles. The van der Waals surface area contributed by atoms with Crippen molar-refractivity contribution in [1.29, 1.82) is 0 Å². The van der Waals surface area contributed by atoms with Crippen LogP contribution in [0.3, 0.4) is 0 Å². The van der Waals surface area contributed by atoms with Crippen LogP contribution in [0.1, 0.15) is 5.69 Å². The zero-order chi connectivity index (χ0) is 13.1. The molecular weight excluding hydrogens is 365 g/mol. The molecule has 0 saturated carbocycles. The van der Waals surface area contributed by atoms with Gasteiger partial charge in [0.05, 0.1) is 24.5 Å². The first-order valence-electron chi connectivity index (χ1n) is 6.42. The van der Waals surface area contributed by atoms with Gasteiger partial charge in [0.15, 0.2) is 5.96 Å². The van der Waals surface area contributed by atoms with E-state index in [1.807, 2.05) is 54.3 Å². The fourth-order valence-electron chi connectivity index (χ4n) is 2.07. The van der Waals surface area contributed by atoms with Gasteiger partial charge in [0, 0.05) is 19.8 Å². The summed E-state index contributed by atoms with van der Waals surface area (Å²) >= 11 is 0. The highest BCUT2D eigenvalue weighted by molar-refractivity contribution is 14.0. The molecule has 106 valence electrons. The van der Waals surface area contributed by atoms with E-state index in [2.05, 4.69) is 20.3 Å². The summed E-state index contributed by atoms with van der Waals surface area (Å²) in [6.07, 6.45) is 1.98. The minimum Gasteiger partial charge on any atom is -0.351 e. The van der Waals surface area contributed by atoms with E-state index in [4.69, 9.17) is 0 Å². The first kappa shape index (κ1) is 14.8. The third kappa shape index (κ3) is 3.30. The minimum absolute atomic E-state index is 0. The number of rotatable bonds is 3. The van der Waals surface area contributed by atoms with Crippen molar-refractivity contribution in [2.45, 2.75) is 6.54 Å².